The molecular formula is C14H16FNO3. The molecule has 0 spiro atoms. The summed E-state index contributed by atoms with van der Waals surface area (Å²) in [6.45, 7) is -0.681. The van der Waals surface area contributed by atoms with Gasteiger partial charge >= 0.3 is 5.97 Å². The first-order valence-corrected chi connectivity index (χ1v) is 6.33. The molecular weight excluding hydrogens is 249 g/mol. The molecule has 0 aromatic heterocycles. The number of benzene rings is 1. The van der Waals surface area contributed by atoms with E-state index in [-0.39, 0.29) is 12.5 Å². The summed E-state index contributed by atoms with van der Waals surface area (Å²) in [7, 11) is 0. The standard InChI is InChI=1S/C14H16FNO3/c15-9-8-12(14(18)19-11-6-7-11)16-13(17)10-4-2-1-3-5-10/h1-5,11-12H,6-9H2,(H,16,17). The number of amides is 1. The predicted octanol–water partition coefficient (Wildman–Crippen LogP) is 1.85. The highest BCUT2D eigenvalue weighted by Crippen LogP contribution is 2.24. The van der Waals surface area contributed by atoms with Gasteiger partial charge in [-0.15, -0.1) is 0 Å². The third-order valence-corrected chi connectivity index (χ3v) is 2.83. The molecule has 0 heterocycles. The van der Waals surface area contributed by atoms with Crippen LogP contribution in [0.15, 0.2) is 30.3 Å². The van der Waals surface area contributed by atoms with Crippen LogP contribution in [0.4, 0.5) is 4.39 Å². The number of halogens is 1. The second-order valence-corrected chi connectivity index (χ2v) is 4.51. The van der Waals surface area contributed by atoms with E-state index in [0.717, 1.165) is 12.8 Å². The van der Waals surface area contributed by atoms with Crippen molar-refractivity contribution in [3.05, 3.63) is 35.9 Å². The van der Waals surface area contributed by atoms with Crippen LogP contribution in [0.3, 0.4) is 0 Å². The molecule has 1 atom stereocenters. The maximum Gasteiger partial charge on any atom is 0.329 e. The van der Waals surface area contributed by atoms with Gasteiger partial charge in [-0.1, -0.05) is 18.2 Å². The molecule has 1 fully saturated rings. The van der Waals surface area contributed by atoms with Gasteiger partial charge in [0.2, 0.25) is 0 Å². The van der Waals surface area contributed by atoms with Crippen molar-refractivity contribution in [2.75, 3.05) is 6.67 Å². The minimum Gasteiger partial charge on any atom is -0.461 e. The first kappa shape index (κ1) is 13.5. The molecule has 1 saturated carbocycles. The van der Waals surface area contributed by atoms with Gasteiger partial charge in [-0.25, -0.2) is 4.79 Å². The van der Waals surface area contributed by atoms with Crippen molar-refractivity contribution < 1.29 is 18.7 Å². The number of carbonyl (C=O) groups is 2. The van der Waals surface area contributed by atoms with Gasteiger partial charge in [-0.2, -0.15) is 0 Å². The van der Waals surface area contributed by atoms with Crippen molar-refractivity contribution in [3.63, 3.8) is 0 Å². The molecule has 1 unspecified atom stereocenters. The summed E-state index contributed by atoms with van der Waals surface area (Å²) in [4.78, 5) is 23.6. The Kier molecular flexibility index (Phi) is 4.49. The van der Waals surface area contributed by atoms with Gasteiger partial charge in [-0.05, 0) is 25.0 Å². The summed E-state index contributed by atoms with van der Waals surface area (Å²) >= 11 is 0. The number of nitrogens with one attached hydrogen (secondary N) is 1. The van der Waals surface area contributed by atoms with Gasteiger partial charge < -0.3 is 10.1 Å². The van der Waals surface area contributed by atoms with E-state index in [1.165, 1.54) is 0 Å². The van der Waals surface area contributed by atoms with E-state index in [4.69, 9.17) is 4.74 Å². The second-order valence-electron chi connectivity index (χ2n) is 4.51. The molecule has 102 valence electrons. The normalized spacial score (nSPS) is 15.6. The highest BCUT2D eigenvalue weighted by atomic mass is 19.1. The van der Waals surface area contributed by atoms with E-state index < -0.39 is 24.6 Å². The molecule has 0 aliphatic heterocycles. The molecule has 1 aromatic rings. The summed E-state index contributed by atoms with van der Waals surface area (Å²) in [5.41, 5.74) is 0.436. The molecule has 1 N–H and O–H groups in total. The van der Waals surface area contributed by atoms with Crippen molar-refractivity contribution in [2.24, 2.45) is 0 Å². The van der Waals surface area contributed by atoms with Crippen molar-refractivity contribution in [2.45, 2.75) is 31.4 Å². The molecule has 1 aromatic carbocycles. The summed E-state index contributed by atoms with van der Waals surface area (Å²) in [5, 5.41) is 2.51. The molecule has 5 heteroatoms. The highest BCUT2D eigenvalue weighted by Gasteiger charge is 2.30. The topological polar surface area (TPSA) is 55.4 Å². The van der Waals surface area contributed by atoms with E-state index >= 15 is 0 Å². The lowest BCUT2D eigenvalue weighted by molar-refractivity contribution is -0.147. The first-order valence-electron chi connectivity index (χ1n) is 6.33. The van der Waals surface area contributed by atoms with Crippen LogP contribution in [-0.4, -0.2) is 30.7 Å². The van der Waals surface area contributed by atoms with Gasteiger partial charge in [0.1, 0.15) is 12.1 Å². The molecule has 0 bridgehead atoms. The smallest absolute Gasteiger partial charge is 0.329 e. The fourth-order valence-corrected chi connectivity index (χ4v) is 1.62. The molecule has 0 radical (unpaired) electrons. The van der Waals surface area contributed by atoms with Gasteiger partial charge in [0.05, 0.1) is 6.67 Å². The quantitative estimate of drug-likeness (QED) is 0.799. The molecule has 2 rings (SSSR count). The summed E-state index contributed by atoms with van der Waals surface area (Å²) in [6.07, 6.45) is 1.58. The molecule has 19 heavy (non-hydrogen) atoms. The van der Waals surface area contributed by atoms with E-state index in [0.29, 0.717) is 5.56 Å². The van der Waals surface area contributed by atoms with Crippen molar-refractivity contribution in [1.82, 2.24) is 5.32 Å². The fraction of sp³-hybridized carbons (Fsp3) is 0.429. The van der Waals surface area contributed by atoms with Crippen LogP contribution < -0.4 is 5.32 Å². The van der Waals surface area contributed by atoms with Crippen LogP contribution in [0.5, 0.6) is 0 Å². The Balaban J connectivity index is 1.95. The van der Waals surface area contributed by atoms with E-state index in [1.807, 2.05) is 0 Å². The Hall–Kier alpha value is -1.91. The highest BCUT2D eigenvalue weighted by molar-refractivity contribution is 5.96. The van der Waals surface area contributed by atoms with Crippen LogP contribution in [0.1, 0.15) is 29.6 Å². The second kappa shape index (κ2) is 6.31. The monoisotopic (exact) mass is 265 g/mol. The van der Waals surface area contributed by atoms with Crippen LogP contribution in [0.2, 0.25) is 0 Å². The maximum atomic E-state index is 12.5. The third kappa shape index (κ3) is 4.05. The van der Waals surface area contributed by atoms with E-state index in [1.54, 1.807) is 30.3 Å². The number of carbonyl (C=O) groups excluding carboxylic acids is 2. The van der Waals surface area contributed by atoms with Crippen molar-refractivity contribution >= 4 is 11.9 Å². The minimum absolute atomic E-state index is 0.0526. The van der Waals surface area contributed by atoms with Crippen molar-refractivity contribution in [3.8, 4) is 0 Å². The summed E-state index contributed by atoms with van der Waals surface area (Å²) < 4.78 is 17.5. The summed E-state index contributed by atoms with van der Waals surface area (Å²) in [5.74, 6) is -0.948. The fourth-order valence-electron chi connectivity index (χ4n) is 1.62. The average molecular weight is 265 g/mol. The average Bonchev–Trinajstić information content (AvgIpc) is 3.23. The van der Waals surface area contributed by atoms with Gasteiger partial charge in [-0.3, -0.25) is 9.18 Å². The number of ether oxygens (including phenoxy) is 1. The number of hydrogen-bond donors (Lipinski definition) is 1. The Labute approximate surface area is 110 Å². The van der Waals surface area contributed by atoms with Gasteiger partial charge in [0, 0.05) is 12.0 Å². The van der Waals surface area contributed by atoms with Crippen LogP contribution in [0, 0.1) is 0 Å². The zero-order valence-electron chi connectivity index (χ0n) is 10.5. The summed E-state index contributed by atoms with van der Waals surface area (Å²) in [6, 6.07) is 7.58. The first-order chi connectivity index (χ1) is 9.20. The molecule has 1 amide bonds. The van der Waals surface area contributed by atoms with Crippen molar-refractivity contribution in [1.29, 1.82) is 0 Å². The van der Waals surface area contributed by atoms with E-state index in [2.05, 4.69) is 5.32 Å². The van der Waals surface area contributed by atoms with Crippen LogP contribution >= 0.6 is 0 Å². The molecule has 4 nitrogen and oxygen atoms in total. The lowest BCUT2D eigenvalue weighted by Gasteiger charge is -2.16. The zero-order valence-corrected chi connectivity index (χ0v) is 10.5. The molecule has 0 saturated heterocycles. The largest absolute Gasteiger partial charge is 0.461 e. The number of rotatable bonds is 6. The number of esters is 1. The molecule has 1 aliphatic rings. The molecule has 1 aliphatic carbocycles. The Morgan fingerprint density at radius 1 is 1.32 bits per heavy atom. The zero-order chi connectivity index (χ0) is 13.7. The predicted molar refractivity (Wildman–Crippen MR) is 67.4 cm³/mol. The van der Waals surface area contributed by atoms with E-state index in [9.17, 15) is 14.0 Å². The van der Waals surface area contributed by atoms with Gasteiger partial charge in [0.15, 0.2) is 0 Å². The Morgan fingerprint density at radius 2 is 2.00 bits per heavy atom. The Bertz CT molecular complexity index is 445. The lowest BCUT2D eigenvalue weighted by Crippen LogP contribution is -2.42. The maximum absolute atomic E-state index is 12.5. The van der Waals surface area contributed by atoms with Crippen LogP contribution in [0.25, 0.3) is 0 Å². The minimum atomic E-state index is -0.918. The lowest BCUT2D eigenvalue weighted by atomic mass is 10.1. The number of hydrogen-bond acceptors (Lipinski definition) is 3. The van der Waals surface area contributed by atoms with Crippen LogP contribution in [-0.2, 0) is 9.53 Å². The Morgan fingerprint density at radius 3 is 2.58 bits per heavy atom. The number of alkyl halides is 1. The SMILES string of the molecule is O=C(NC(CCF)C(=O)OC1CC1)c1ccccc1. The van der Waals surface area contributed by atoms with Gasteiger partial charge in [0.25, 0.3) is 5.91 Å². The third-order valence-electron chi connectivity index (χ3n) is 2.83.